The topological polar surface area (TPSA) is 132 Å². The van der Waals surface area contributed by atoms with Crippen LogP contribution in [0.5, 0.6) is 0 Å². The Morgan fingerprint density at radius 2 is 1.95 bits per heavy atom. The Bertz CT molecular complexity index is 1440. The third-order valence-electron chi connectivity index (χ3n) is 7.24. The maximum absolute atomic E-state index is 13.5. The zero-order valence-electron chi connectivity index (χ0n) is 21.2. The molecule has 3 heterocycles. The Kier molecular flexibility index (Phi) is 6.73. The summed E-state index contributed by atoms with van der Waals surface area (Å²) < 4.78 is 3.44. The first-order chi connectivity index (χ1) is 17.9. The van der Waals surface area contributed by atoms with Gasteiger partial charge in [0.2, 0.25) is 5.82 Å². The number of pyridine rings is 1. The molecule has 10 heteroatoms. The number of aromatic amines is 1. The van der Waals surface area contributed by atoms with E-state index in [2.05, 4.69) is 32.5 Å². The quantitative estimate of drug-likeness (QED) is 0.338. The van der Waals surface area contributed by atoms with Crippen LogP contribution < -0.4 is 5.69 Å². The van der Waals surface area contributed by atoms with Crippen LogP contribution in [0.3, 0.4) is 0 Å². The smallest absolute Gasteiger partial charge is 0.328 e. The van der Waals surface area contributed by atoms with E-state index < -0.39 is 11.9 Å². The van der Waals surface area contributed by atoms with Crippen molar-refractivity contribution in [2.24, 2.45) is 17.8 Å². The fourth-order valence-electron chi connectivity index (χ4n) is 5.32. The molecule has 0 aliphatic heterocycles. The van der Waals surface area contributed by atoms with Crippen molar-refractivity contribution in [3.63, 3.8) is 0 Å². The molecule has 10 nitrogen and oxygen atoms in total. The molecule has 3 aromatic heterocycles. The third-order valence-corrected chi connectivity index (χ3v) is 7.24. The van der Waals surface area contributed by atoms with Crippen LogP contribution in [0.25, 0.3) is 22.6 Å². The van der Waals surface area contributed by atoms with E-state index in [1.807, 2.05) is 56.4 Å². The predicted molar refractivity (Wildman–Crippen MR) is 138 cm³/mol. The zero-order valence-corrected chi connectivity index (χ0v) is 21.2. The molecule has 1 aromatic carbocycles. The van der Waals surface area contributed by atoms with Crippen molar-refractivity contribution < 1.29 is 9.90 Å². The molecular formula is C27H31N7O3. The number of nitrogens with one attached hydrogen (secondary N) is 1. The van der Waals surface area contributed by atoms with E-state index in [9.17, 15) is 14.7 Å². The number of tetrazole rings is 1. The molecule has 2 N–H and O–H groups in total. The molecular weight excluding hydrogens is 470 g/mol. The van der Waals surface area contributed by atoms with Gasteiger partial charge < -0.3 is 5.11 Å². The van der Waals surface area contributed by atoms with Gasteiger partial charge in [-0.25, -0.2) is 4.79 Å². The second-order valence-corrected chi connectivity index (χ2v) is 10.0. The van der Waals surface area contributed by atoms with Crippen LogP contribution >= 0.6 is 0 Å². The maximum atomic E-state index is 13.5. The largest absolute Gasteiger partial charge is 0.481 e. The monoisotopic (exact) mass is 501 g/mol. The number of carboxylic acid groups (broad SMARTS) is 1. The Morgan fingerprint density at radius 1 is 1.16 bits per heavy atom. The van der Waals surface area contributed by atoms with Crippen LogP contribution in [-0.4, -0.2) is 45.8 Å². The summed E-state index contributed by atoms with van der Waals surface area (Å²) in [6.07, 6.45) is 6.38. The lowest BCUT2D eigenvalue weighted by Gasteiger charge is -2.09. The van der Waals surface area contributed by atoms with Crippen LogP contribution in [0.4, 0.5) is 0 Å². The number of aromatic nitrogens is 7. The van der Waals surface area contributed by atoms with Crippen molar-refractivity contribution in [1.29, 1.82) is 0 Å². The molecule has 1 fully saturated rings. The first-order valence-electron chi connectivity index (χ1n) is 12.7. The summed E-state index contributed by atoms with van der Waals surface area (Å²) in [5, 5.41) is 24.0. The normalized spacial score (nSPS) is 18.9. The first kappa shape index (κ1) is 24.6. The molecule has 1 aliphatic carbocycles. The number of aliphatic carboxylic acids is 1. The fraction of sp³-hybridized carbons (Fsp3) is 0.407. The van der Waals surface area contributed by atoms with Crippen molar-refractivity contribution in [1.82, 2.24) is 34.7 Å². The molecule has 0 amide bonds. The van der Waals surface area contributed by atoms with Gasteiger partial charge in [-0.1, -0.05) is 57.5 Å². The second kappa shape index (κ2) is 10.1. The average Bonchev–Trinajstić information content (AvgIpc) is 3.26. The van der Waals surface area contributed by atoms with Gasteiger partial charge in [-0.05, 0) is 41.5 Å². The van der Waals surface area contributed by atoms with E-state index in [1.54, 1.807) is 15.3 Å². The molecule has 5 rings (SSSR count). The number of nitrogens with zero attached hydrogens (tertiary/aromatic N) is 6. The Balaban J connectivity index is 1.44. The minimum atomic E-state index is -0.834. The van der Waals surface area contributed by atoms with Gasteiger partial charge >= 0.3 is 11.7 Å². The van der Waals surface area contributed by atoms with Gasteiger partial charge in [0, 0.05) is 29.2 Å². The van der Waals surface area contributed by atoms with Crippen molar-refractivity contribution in [3.8, 4) is 22.6 Å². The van der Waals surface area contributed by atoms with Crippen LogP contribution in [0, 0.1) is 17.8 Å². The highest BCUT2D eigenvalue weighted by atomic mass is 16.4. The maximum Gasteiger partial charge on any atom is 0.328 e. The summed E-state index contributed by atoms with van der Waals surface area (Å²) >= 11 is 0. The number of benzene rings is 1. The number of imidazole rings is 1. The minimum Gasteiger partial charge on any atom is -0.481 e. The average molecular weight is 502 g/mol. The SMILES string of the molecule is CCCCc1cn(C2C(C(=O)O)C2C(C)C)c(=O)n1Cc1ccc(-c2ccccc2-c2nn[nH]n2)nc1. The van der Waals surface area contributed by atoms with Crippen molar-refractivity contribution in [2.45, 2.75) is 52.6 Å². The number of unbranched alkanes of at least 4 members (excludes halogenated alkanes) is 1. The highest BCUT2D eigenvalue weighted by molar-refractivity contribution is 5.78. The van der Waals surface area contributed by atoms with Gasteiger partial charge in [0.25, 0.3) is 0 Å². The molecule has 3 unspecified atom stereocenters. The first-order valence-corrected chi connectivity index (χ1v) is 12.7. The van der Waals surface area contributed by atoms with E-state index in [4.69, 9.17) is 0 Å². The fourth-order valence-corrected chi connectivity index (χ4v) is 5.32. The standard InChI is InChI=1S/C27H31N7O3/c1-4-5-8-18-15-34(24-22(16(2)3)23(24)26(35)36)27(37)33(18)14-17-11-12-21(28-13-17)19-9-6-7-10-20(19)25-29-31-32-30-25/h6-7,9-13,15-16,22-24H,4-5,8,14H2,1-3H3,(H,35,36)(H,29,30,31,32). The van der Waals surface area contributed by atoms with Crippen molar-refractivity contribution in [3.05, 3.63) is 70.5 Å². The molecule has 0 saturated heterocycles. The second-order valence-electron chi connectivity index (χ2n) is 10.0. The van der Waals surface area contributed by atoms with Crippen molar-refractivity contribution >= 4 is 5.97 Å². The molecule has 1 aliphatic rings. The van der Waals surface area contributed by atoms with Gasteiger partial charge in [0.15, 0.2) is 0 Å². The number of carbonyl (C=O) groups is 1. The molecule has 37 heavy (non-hydrogen) atoms. The summed E-state index contributed by atoms with van der Waals surface area (Å²) in [5.41, 5.74) is 4.14. The summed E-state index contributed by atoms with van der Waals surface area (Å²) in [7, 11) is 0. The van der Waals surface area contributed by atoms with E-state index in [0.717, 1.165) is 47.3 Å². The van der Waals surface area contributed by atoms with Gasteiger partial charge in [-0.15, -0.1) is 10.2 Å². The Hall–Kier alpha value is -4.08. The number of hydrogen-bond acceptors (Lipinski definition) is 6. The number of rotatable bonds is 10. The van der Waals surface area contributed by atoms with Crippen molar-refractivity contribution in [2.75, 3.05) is 0 Å². The third kappa shape index (κ3) is 4.71. The Morgan fingerprint density at radius 3 is 2.54 bits per heavy atom. The summed E-state index contributed by atoms with van der Waals surface area (Å²) in [5.74, 6) is -0.709. The number of carboxylic acids is 1. The summed E-state index contributed by atoms with van der Waals surface area (Å²) in [4.78, 5) is 30.0. The van der Waals surface area contributed by atoms with E-state index in [1.165, 1.54) is 0 Å². The van der Waals surface area contributed by atoms with Crippen LogP contribution in [-0.2, 0) is 17.8 Å². The number of aryl methyl sites for hydroxylation is 1. The van der Waals surface area contributed by atoms with Crippen LogP contribution in [0.1, 0.15) is 50.9 Å². The Labute approximate surface area is 214 Å². The summed E-state index contributed by atoms with van der Waals surface area (Å²) in [6.45, 7) is 6.53. The molecule has 0 bridgehead atoms. The van der Waals surface area contributed by atoms with Gasteiger partial charge in [-0.2, -0.15) is 5.21 Å². The highest BCUT2D eigenvalue weighted by Gasteiger charge is 2.58. The highest BCUT2D eigenvalue weighted by Crippen LogP contribution is 2.54. The van der Waals surface area contributed by atoms with E-state index >= 15 is 0 Å². The number of hydrogen-bond donors (Lipinski definition) is 2. The van der Waals surface area contributed by atoms with E-state index in [-0.39, 0.29) is 23.6 Å². The minimum absolute atomic E-state index is 0.0368. The molecule has 1 saturated carbocycles. The zero-order chi connectivity index (χ0) is 26.1. The lowest BCUT2D eigenvalue weighted by Crippen LogP contribution is -2.26. The van der Waals surface area contributed by atoms with Crippen LogP contribution in [0.2, 0.25) is 0 Å². The molecule has 4 aromatic rings. The lowest BCUT2D eigenvalue weighted by molar-refractivity contribution is -0.139. The molecule has 0 radical (unpaired) electrons. The predicted octanol–water partition coefficient (Wildman–Crippen LogP) is 3.81. The molecule has 3 atom stereocenters. The van der Waals surface area contributed by atoms with E-state index in [0.29, 0.717) is 12.4 Å². The molecule has 192 valence electrons. The van der Waals surface area contributed by atoms with Gasteiger partial charge in [-0.3, -0.25) is 18.9 Å². The lowest BCUT2D eigenvalue weighted by atomic mass is 10.0. The molecule has 0 spiro atoms. The van der Waals surface area contributed by atoms with Gasteiger partial charge in [0.05, 0.1) is 24.2 Å². The van der Waals surface area contributed by atoms with Crippen LogP contribution in [0.15, 0.2) is 53.6 Å². The summed E-state index contributed by atoms with van der Waals surface area (Å²) in [6, 6.07) is 11.3. The van der Waals surface area contributed by atoms with Gasteiger partial charge in [0.1, 0.15) is 0 Å². The number of H-pyrrole nitrogens is 1.